The van der Waals surface area contributed by atoms with Gasteiger partial charge in [0.2, 0.25) is 34.7 Å². The van der Waals surface area contributed by atoms with Crippen molar-refractivity contribution < 1.29 is 83.5 Å². The average molecular weight is 671 g/mol. The van der Waals surface area contributed by atoms with Gasteiger partial charge in [-0.3, -0.25) is 4.79 Å². The molecule has 0 radical (unpaired) electrons. The molecule has 2 fully saturated rings. The highest BCUT2D eigenvalue weighted by molar-refractivity contribution is 5.96. The largest absolute Gasteiger partial charge is 0.504 e. The van der Waals surface area contributed by atoms with Gasteiger partial charge in [-0.15, -0.1) is 0 Å². The fraction of sp³-hybridized carbons (Fsp3) is 0.483. The monoisotopic (exact) mass is 670 g/mol. The number of ether oxygens (including phenoxy) is 7. The molecule has 18 nitrogen and oxygen atoms in total. The molecule has 9 N–H and O–H groups in total. The van der Waals surface area contributed by atoms with Crippen LogP contribution in [0.15, 0.2) is 27.4 Å². The summed E-state index contributed by atoms with van der Waals surface area (Å²) in [5.74, 6) is -4.01. The van der Waals surface area contributed by atoms with Crippen molar-refractivity contribution >= 4 is 11.0 Å². The molecule has 47 heavy (non-hydrogen) atoms. The van der Waals surface area contributed by atoms with Crippen molar-refractivity contribution in [2.75, 3.05) is 34.5 Å². The van der Waals surface area contributed by atoms with Crippen molar-refractivity contribution in [3.05, 3.63) is 28.4 Å². The Bertz CT molecular complexity index is 1660. The molecule has 0 amide bonds. The second-order valence-electron chi connectivity index (χ2n) is 10.6. The Kier molecular flexibility index (Phi) is 9.87. The van der Waals surface area contributed by atoms with Crippen molar-refractivity contribution in [1.82, 2.24) is 0 Å². The molecule has 0 aliphatic carbocycles. The Morgan fingerprint density at radius 2 is 1.53 bits per heavy atom. The van der Waals surface area contributed by atoms with Crippen molar-refractivity contribution in [3.8, 4) is 51.6 Å². The summed E-state index contributed by atoms with van der Waals surface area (Å²) in [6.07, 6.45) is -15.6. The van der Waals surface area contributed by atoms with Crippen molar-refractivity contribution in [3.63, 3.8) is 0 Å². The zero-order valence-corrected chi connectivity index (χ0v) is 25.0. The molecule has 0 saturated carbocycles. The third-order valence-corrected chi connectivity index (χ3v) is 7.81. The number of fused-ring (bicyclic) bond motifs is 1. The van der Waals surface area contributed by atoms with E-state index in [0.29, 0.717) is 0 Å². The van der Waals surface area contributed by atoms with Gasteiger partial charge in [0.15, 0.2) is 34.9 Å². The van der Waals surface area contributed by atoms with E-state index in [1.807, 2.05) is 0 Å². The molecular weight excluding hydrogens is 636 g/mol. The molecule has 2 aromatic carbocycles. The van der Waals surface area contributed by atoms with Crippen LogP contribution in [0.2, 0.25) is 0 Å². The van der Waals surface area contributed by atoms with Gasteiger partial charge in [0.25, 0.3) is 0 Å². The van der Waals surface area contributed by atoms with E-state index in [1.54, 1.807) is 0 Å². The van der Waals surface area contributed by atoms with Gasteiger partial charge in [-0.05, 0) is 18.2 Å². The molecule has 9 atom stereocenters. The minimum Gasteiger partial charge on any atom is -0.504 e. The molecule has 0 bridgehead atoms. The summed E-state index contributed by atoms with van der Waals surface area (Å²) in [7, 11) is 3.52. The predicted molar refractivity (Wildman–Crippen MR) is 154 cm³/mol. The molecule has 5 rings (SSSR count). The van der Waals surface area contributed by atoms with Gasteiger partial charge in [-0.25, -0.2) is 0 Å². The zero-order valence-electron chi connectivity index (χ0n) is 25.0. The number of hydrogen-bond donors (Lipinski definition) is 9. The summed E-state index contributed by atoms with van der Waals surface area (Å²) in [5.41, 5.74) is -1.53. The number of aliphatic hydroxyl groups excluding tert-OH is 6. The van der Waals surface area contributed by atoms with Crippen LogP contribution < -0.4 is 24.4 Å². The minimum absolute atomic E-state index is 0.0358. The van der Waals surface area contributed by atoms with Crippen LogP contribution in [0.5, 0.6) is 40.2 Å². The molecule has 258 valence electrons. The van der Waals surface area contributed by atoms with Crippen molar-refractivity contribution in [2.24, 2.45) is 0 Å². The van der Waals surface area contributed by atoms with Gasteiger partial charge in [-0.2, -0.15) is 0 Å². The Morgan fingerprint density at radius 1 is 0.830 bits per heavy atom. The second-order valence-corrected chi connectivity index (χ2v) is 10.6. The van der Waals surface area contributed by atoms with Crippen LogP contribution in [-0.4, -0.2) is 136 Å². The quantitative estimate of drug-likeness (QED) is 0.122. The Morgan fingerprint density at radius 3 is 2.17 bits per heavy atom. The lowest BCUT2D eigenvalue weighted by Gasteiger charge is -2.44. The fourth-order valence-electron chi connectivity index (χ4n) is 5.31. The molecule has 1 aromatic heterocycles. The van der Waals surface area contributed by atoms with Crippen molar-refractivity contribution in [1.29, 1.82) is 0 Å². The number of phenolic OH excluding ortho intramolecular Hbond substituents is 3. The van der Waals surface area contributed by atoms with Crippen molar-refractivity contribution in [2.45, 2.75) is 55.3 Å². The number of rotatable bonds is 9. The summed E-state index contributed by atoms with van der Waals surface area (Å²) in [5, 5.41) is 93.4. The maximum absolute atomic E-state index is 14.1. The lowest BCUT2D eigenvalue weighted by Crippen LogP contribution is -2.64. The van der Waals surface area contributed by atoms with Gasteiger partial charge in [0, 0.05) is 5.56 Å². The summed E-state index contributed by atoms with van der Waals surface area (Å²) in [4.78, 5) is 14.1. The Balaban J connectivity index is 1.65. The summed E-state index contributed by atoms with van der Waals surface area (Å²) in [6, 6.07) is 3.77. The first kappa shape index (κ1) is 34.2. The Hall–Kier alpha value is -4.11. The van der Waals surface area contributed by atoms with Crippen LogP contribution in [0.4, 0.5) is 0 Å². The van der Waals surface area contributed by atoms with Crippen LogP contribution in [0.1, 0.15) is 0 Å². The van der Waals surface area contributed by atoms with Crippen LogP contribution in [-0.2, 0) is 14.2 Å². The first-order valence-electron chi connectivity index (χ1n) is 14.0. The summed E-state index contributed by atoms with van der Waals surface area (Å²) < 4.78 is 43.7. The summed E-state index contributed by atoms with van der Waals surface area (Å²) in [6.45, 7) is -1.32. The van der Waals surface area contributed by atoms with E-state index < -0.39 is 119 Å². The predicted octanol–water partition coefficient (Wildman–Crippen LogP) is -1.76. The van der Waals surface area contributed by atoms with E-state index in [9.17, 15) is 50.8 Å². The van der Waals surface area contributed by atoms with Gasteiger partial charge >= 0.3 is 0 Å². The lowest BCUT2D eigenvalue weighted by atomic mass is 9.98. The van der Waals surface area contributed by atoms with E-state index in [0.717, 1.165) is 14.2 Å². The molecule has 3 aromatic rings. The minimum atomic E-state index is -2.00. The summed E-state index contributed by atoms with van der Waals surface area (Å²) >= 11 is 0. The number of aliphatic hydroxyl groups is 6. The normalized spacial score (nSPS) is 29.4. The number of aromatic hydroxyl groups is 3. The number of benzene rings is 2. The highest BCUT2D eigenvalue weighted by Crippen LogP contribution is 2.51. The molecule has 18 heteroatoms. The highest BCUT2D eigenvalue weighted by Gasteiger charge is 2.50. The maximum Gasteiger partial charge on any atom is 0.239 e. The number of methoxy groups -OCH3 is 3. The smallest absolute Gasteiger partial charge is 0.239 e. The first-order chi connectivity index (χ1) is 22.4. The van der Waals surface area contributed by atoms with E-state index in [2.05, 4.69) is 0 Å². The molecule has 0 spiro atoms. The molecule has 2 aliphatic heterocycles. The van der Waals surface area contributed by atoms with Crippen LogP contribution in [0, 0.1) is 0 Å². The highest BCUT2D eigenvalue weighted by atomic mass is 16.7. The molecule has 3 heterocycles. The van der Waals surface area contributed by atoms with Gasteiger partial charge in [-0.1, -0.05) is 0 Å². The topological polar surface area (TPSA) is 277 Å². The van der Waals surface area contributed by atoms with Gasteiger partial charge in [0.05, 0.1) is 34.5 Å². The lowest BCUT2D eigenvalue weighted by molar-refractivity contribution is -0.339. The van der Waals surface area contributed by atoms with Gasteiger partial charge in [0.1, 0.15) is 48.1 Å². The van der Waals surface area contributed by atoms with Crippen LogP contribution >= 0.6 is 0 Å². The standard InChI is InChI=1S/C29H34O18/c1-40-12-6-9(4-5-10(12)31)22-27(18(36)14-17(35)24(41-2)20(38)26(42-3)23(14)45-22)47-29-21(39)25(16(34)13(7-30)44-29)46-28-19(37)15(33)11(32)8-43-28/h4-6,11,13,15-16,19,21,25,28-35,37-39H,7-8H2,1-3H3/t11-,13+,15-,16-,19+,21+,25-,28-,29-/m0/s1. The van der Waals surface area contributed by atoms with E-state index >= 15 is 0 Å². The number of phenols is 3. The van der Waals surface area contributed by atoms with E-state index in [4.69, 9.17) is 37.6 Å². The molecule has 2 saturated heterocycles. The molecular formula is C29H34O18. The second kappa shape index (κ2) is 13.6. The SMILES string of the molecule is COc1cc(-c2oc3c(OC)c(O)c(OC)c(O)c3c(=O)c2O[C@@H]2O[C@H](CO)[C@H](O)[C@H](O[C@@H]3OC[C@H](O)[C@H](O)[C@H]3O)[C@H]2O)ccc1O. The fourth-order valence-corrected chi connectivity index (χ4v) is 5.31. The average Bonchev–Trinajstić information content (AvgIpc) is 3.05. The van der Waals surface area contributed by atoms with E-state index in [1.165, 1.54) is 25.3 Å². The molecule has 0 unspecified atom stereocenters. The zero-order chi connectivity index (χ0) is 34.3. The maximum atomic E-state index is 14.1. The first-order valence-corrected chi connectivity index (χ1v) is 14.0. The Labute approximate surface area is 264 Å². The van der Waals surface area contributed by atoms with E-state index in [-0.39, 0.29) is 17.1 Å². The van der Waals surface area contributed by atoms with Crippen LogP contribution in [0.3, 0.4) is 0 Å². The number of hydrogen-bond acceptors (Lipinski definition) is 18. The molecule has 2 aliphatic rings. The third kappa shape index (κ3) is 5.94. The third-order valence-electron chi connectivity index (χ3n) is 7.81. The van der Waals surface area contributed by atoms with Crippen LogP contribution in [0.25, 0.3) is 22.3 Å². The van der Waals surface area contributed by atoms with Gasteiger partial charge < -0.3 is 83.5 Å².